The van der Waals surface area contributed by atoms with Gasteiger partial charge in [0, 0.05) is 29.9 Å². The number of hydrogen-bond donors (Lipinski definition) is 1. The van der Waals surface area contributed by atoms with E-state index in [4.69, 9.17) is 10.5 Å². The van der Waals surface area contributed by atoms with Crippen molar-refractivity contribution >= 4 is 27.3 Å². The molecule has 0 aliphatic heterocycles. The van der Waals surface area contributed by atoms with Gasteiger partial charge >= 0.3 is 0 Å². The minimum absolute atomic E-state index is 0.676. The molecule has 0 bridgehead atoms. The van der Waals surface area contributed by atoms with Crippen LogP contribution in [-0.4, -0.2) is 26.3 Å². The van der Waals surface area contributed by atoms with Crippen molar-refractivity contribution in [3.05, 3.63) is 22.7 Å². The highest BCUT2D eigenvalue weighted by atomic mass is 79.9. The number of benzene rings is 1. The minimum Gasteiger partial charge on any atom is -0.399 e. The number of hydrogen-bond acceptors (Lipinski definition) is 3. The summed E-state index contributed by atoms with van der Waals surface area (Å²) in [5.74, 6) is 0. The van der Waals surface area contributed by atoms with Crippen LogP contribution in [0.15, 0.2) is 22.7 Å². The topological polar surface area (TPSA) is 38.5 Å². The average molecular weight is 285 g/mol. The summed E-state index contributed by atoms with van der Waals surface area (Å²) < 4.78 is 6.22. The van der Waals surface area contributed by atoms with Crippen LogP contribution in [0.5, 0.6) is 0 Å². The standard InChI is InChI=1S/C12H17BrN2O/c1-16-7-6-15(10-3-4-10)12-5-2-9(14)8-11(12)13/h2,5,8,10H,3-4,6-7,14H2,1H3. The van der Waals surface area contributed by atoms with E-state index in [1.807, 2.05) is 12.1 Å². The zero-order valence-corrected chi connectivity index (χ0v) is 11.0. The van der Waals surface area contributed by atoms with Gasteiger partial charge in [-0.2, -0.15) is 0 Å². The van der Waals surface area contributed by atoms with Crippen molar-refractivity contribution in [1.29, 1.82) is 0 Å². The first-order valence-electron chi connectivity index (χ1n) is 5.53. The van der Waals surface area contributed by atoms with Gasteiger partial charge in [-0.25, -0.2) is 0 Å². The summed E-state index contributed by atoms with van der Waals surface area (Å²) in [6.07, 6.45) is 2.56. The summed E-state index contributed by atoms with van der Waals surface area (Å²) in [5.41, 5.74) is 7.75. The van der Waals surface area contributed by atoms with Gasteiger partial charge in [-0.15, -0.1) is 0 Å². The molecular weight excluding hydrogens is 268 g/mol. The fourth-order valence-electron chi connectivity index (χ4n) is 1.83. The molecule has 4 heteroatoms. The van der Waals surface area contributed by atoms with Gasteiger partial charge in [0.15, 0.2) is 0 Å². The molecule has 0 heterocycles. The summed E-state index contributed by atoms with van der Waals surface area (Å²) in [4.78, 5) is 2.40. The van der Waals surface area contributed by atoms with Gasteiger partial charge in [0.05, 0.1) is 12.3 Å². The second kappa shape index (κ2) is 5.06. The number of nitrogens with two attached hydrogens (primary N) is 1. The lowest BCUT2D eigenvalue weighted by Gasteiger charge is -2.25. The van der Waals surface area contributed by atoms with E-state index < -0.39 is 0 Å². The minimum atomic E-state index is 0.676. The number of nitrogens with zero attached hydrogens (tertiary/aromatic N) is 1. The third kappa shape index (κ3) is 2.68. The van der Waals surface area contributed by atoms with Crippen molar-refractivity contribution in [3.8, 4) is 0 Å². The monoisotopic (exact) mass is 284 g/mol. The van der Waals surface area contributed by atoms with Gasteiger partial charge in [0.2, 0.25) is 0 Å². The molecular formula is C12H17BrN2O. The second-order valence-electron chi connectivity index (χ2n) is 4.13. The molecule has 3 nitrogen and oxygen atoms in total. The van der Waals surface area contributed by atoms with Gasteiger partial charge in [-0.05, 0) is 47.0 Å². The van der Waals surface area contributed by atoms with E-state index in [-0.39, 0.29) is 0 Å². The summed E-state index contributed by atoms with van der Waals surface area (Å²) >= 11 is 3.57. The molecule has 0 amide bonds. The maximum atomic E-state index is 5.75. The third-order valence-corrected chi connectivity index (χ3v) is 3.44. The van der Waals surface area contributed by atoms with Gasteiger partial charge < -0.3 is 15.4 Å². The van der Waals surface area contributed by atoms with Gasteiger partial charge in [0.25, 0.3) is 0 Å². The Kier molecular flexibility index (Phi) is 3.71. The van der Waals surface area contributed by atoms with E-state index in [1.54, 1.807) is 7.11 Å². The first kappa shape index (κ1) is 11.7. The Morgan fingerprint density at radius 3 is 2.81 bits per heavy atom. The van der Waals surface area contributed by atoms with Crippen LogP contribution in [-0.2, 0) is 4.74 Å². The second-order valence-corrected chi connectivity index (χ2v) is 4.98. The summed E-state index contributed by atoms with van der Waals surface area (Å²) in [5, 5.41) is 0. The molecule has 1 saturated carbocycles. The molecule has 0 aromatic heterocycles. The predicted molar refractivity (Wildman–Crippen MR) is 70.8 cm³/mol. The molecule has 2 N–H and O–H groups in total. The highest BCUT2D eigenvalue weighted by Gasteiger charge is 2.29. The molecule has 0 unspecified atom stereocenters. The maximum Gasteiger partial charge on any atom is 0.0637 e. The van der Waals surface area contributed by atoms with Crippen molar-refractivity contribution in [2.75, 3.05) is 30.9 Å². The molecule has 1 aliphatic rings. The number of halogens is 1. The van der Waals surface area contributed by atoms with Gasteiger partial charge in [0.1, 0.15) is 0 Å². The van der Waals surface area contributed by atoms with Crippen LogP contribution in [0.2, 0.25) is 0 Å². The highest BCUT2D eigenvalue weighted by Crippen LogP contribution is 2.36. The van der Waals surface area contributed by atoms with E-state index in [2.05, 4.69) is 26.9 Å². The molecule has 88 valence electrons. The summed E-state index contributed by atoms with van der Waals surface area (Å²) in [6, 6.07) is 6.66. The Hall–Kier alpha value is -0.740. The van der Waals surface area contributed by atoms with E-state index >= 15 is 0 Å². The highest BCUT2D eigenvalue weighted by molar-refractivity contribution is 9.10. The number of ether oxygens (including phenoxy) is 1. The molecule has 1 aromatic rings. The first-order valence-corrected chi connectivity index (χ1v) is 6.32. The molecule has 1 aliphatic carbocycles. The van der Waals surface area contributed by atoms with Crippen LogP contribution in [0.3, 0.4) is 0 Å². The molecule has 0 spiro atoms. The fraction of sp³-hybridized carbons (Fsp3) is 0.500. The van der Waals surface area contributed by atoms with Crippen LogP contribution in [0, 0.1) is 0 Å². The number of rotatable bonds is 5. The average Bonchev–Trinajstić information content (AvgIpc) is 3.05. The van der Waals surface area contributed by atoms with Crippen molar-refractivity contribution < 1.29 is 4.74 Å². The molecule has 1 fully saturated rings. The van der Waals surface area contributed by atoms with E-state index in [0.717, 1.165) is 23.3 Å². The van der Waals surface area contributed by atoms with Crippen LogP contribution < -0.4 is 10.6 Å². The quantitative estimate of drug-likeness (QED) is 0.845. The van der Waals surface area contributed by atoms with Crippen LogP contribution in [0.25, 0.3) is 0 Å². The van der Waals surface area contributed by atoms with Crippen LogP contribution >= 0.6 is 15.9 Å². The zero-order chi connectivity index (χ0) is 11.5. The predicted octanol–water partition coefficient (Wildman–Crippen LogP) is 2.65. The first-order chi connectivity index (χ1) is 7.72. The Morgan fingerprint density at radius 1 is 1.50 bits per heavy atom. The number of nitrogen functional groups attached to an aromatic ring is 1. The molecule has 1 aromatic carbocycles. The lowest BCUT2D eigenvalue weighted by molar-refractivity contribution is 0.205. The molecule has 0 saturated heterocycles. The van der Waals surface area contributed by atoms with Crippen LogP contribution in [0.4, 0.5) is 11.4 Å². The normalized spacial score (nSPS) is 15.1. The van der Waals surface area contributed by atoms with E-state index in [0.29, 0.717) is 6.04 Å². The van der Waals surface area contributed by atoms with Crippen molar-refractivity contribution in [2.45, 2.75) is 18.9 Å². The fourth-order valence-corrected chi connectivity index (χ4v) is 2.46. The Balaban J connectivity index is 2.17. The number of methoxy groups -OCH3 is 1. The Labute approximate surface area is 105 Å². The van der Waals surface area contributed by atoms with Crippen molar-refractivity contribution in [1.82, 2.24) is 0 Å². The molecule has 0 radical (unpaired) electrons. The van der Waals surface area contributed by atoms with E-state index in [1.165, 1.54) is 18.5 Å². The maximum absolute atomic E-state index is 5.75. The van der Waals surface area contributed by atoms with Crippen molar-refractivity contribution in [2.24, 2.45) is 0 Å². The van der Waals surface area contributed by atoms with Crippen molar-refractivity contribution in [3.63, 3.8) is 0 Å². The Bertz CT molecular complexity index is 366. The summed E-state index contributed by atoms with van der Waals surface area (Å²) in [7, 11) is 1.74. The van der Waals surface area contributed by atoms with Gasteiger partial charge in [-0.3, -0.25) is 0 Å². The molecule has 0 atom stereocenters. The molecule has 2 rings (SSSR count). The van der Waals surface area contributed by atoms with E-state index in [9.17, 15) is 0 Å². The third-order valence-electron chi connectivity index (χ3n) is 2.81. The smallest absolute Gasteiger partial charge is 0.0637 e. The lowest BCUT2D eigenvalue weighted by atomic mass is 10.2. The largest absolute Gasteiger partial charge is 0.399 e. The van der Waals surface area contributed by atoms with Crippen LogP contribution in [0.1, 0.15) is 12.8 Å². The lowest BCUT2D eigenvalue weighted by Crippen LogP contribution is -2.29. The molecule has 16 heavy (non-hydrogen) atoms. The number of anilines is 2. The van der Waals surface area contributed by atoms with Gasteiger partial charge in [-0.1, -0.05) is 0 Å². The SMILES string of the molecule is COCCN(c1ccc(N)cc1Br)C1CC1. The summed E-state index contributed by atoms with van der Waals surface area (Å²) in [6.45, 7) is 1.69. The zero-order valence-electron chi connectivity index (χ0n) is 9.45. The Morgan fingerprint density at radius 2 is 2.25 bits per heavy atom.